The molecule has 5 nitrogen and oxygen atoms in total. The fraction of sp³-hybridized carbons (Fsp3) is 0.467. The fourth-order valence-electron chi connectivity index (χ4n) is 2.33. The number of hydrogen-bond donors (Lipinski definition) is 1. The summed E-state index contributed by atoms with van der Waals surface area (Å²) in [4.78, 5) is 24.8. The van der Waals surface area contributed by atoms with Crippen LogP contribution in [0.4, 0.5) is 0 Å². The minimum Gasteiger partial charge on any atom is -0.496 e. The molecule has 0 aromatic heterocycles. The lowest BCUT2D eigenvalue weighted by molar-refractivity contribution is -0.144. The van der Waals surface area contributed by atoms with Gasteiger partial charge in [-0.05, 0) is 24.6 Å². The summed E-state index contributed by atoms with van der Waals surface area (Å²) in [6, 6.07) is 5.35. The molecule has 1 unspecified atom stereocenters. The summed E-state index contributed by atoms with van der Waals surface area (Å²) >= 11 is 0. The number of aryl methyl sites for hydroxylation is 1. The van der Waals surface area contributed by atoms with Gasteiger partial charge in [0.15, 0.2) is 0 Å². The molecule has 1 aromatic rings. The molecular formula is C15H19NO4. The van der Waals surface area contributed by atoms with E-state index in [1.165, 1.54) is 0 Å². The summed E-state index contributed by atoms with van der Waals surface area (Å²) in [7, 11) is 1.57. The molecular weight excluding hydrogens is 258 g/mol. The van der Waals surface area contributed by atoms with Gasteiger partial charge < -0.3 is 14.7 Å². The molecule has 1 aliphatic rings. The first-order chi connectivity index (χ1) is 9.43. The van der Waals surface area contributed by atoms with Crippen LogP contribution in [0, 0.1) is 18.8 Å². The quantitative estimate of drug-likeness (QED) is 0.911. The van der Waals surface area contributed by atoms with Crippen LogP contribution in [0.5, 0.6) is 5.75 Å². The van der Waals surface area contributed by atoms with Gasteiger partial charge in [0.05, 0.1) is 13.0 Å². The summed E-state index contributed by atoms with van der Waals surface area (Å²) in [5.41, 5.74) is 1.55. The Kier molecular flexibility index (Phi) is 3.97. The van der Waals surface area contributed by atoms with Crippen molar-refractivity contribution in [3.63, 3.8) is 0 Å². The number of hydrogen-bond acceptors (Lipinski definition) is 3. The minimum absolute atomic E-state index is 0.0452. The van der Waals surface area contributed by atoms with Crippen molar-refractivity contribution < 1.29 is 19.4 Å². The third-order valence-corrected chi connectivity index (χ3v) is 3.95. The molecule has 0 spiro atoms. The largest absolute Gasteiger partial charge is 0.496 e. The van der Waals surface area contributed by atoms with Crippen molar-refractivity contribution in [2.75, 3.05) is 20.2 Å². The molecule has 0 saturated carbocycles. The van der Waals surface area contributed by atoms with Crippen molar-refractivity contribution in [2.45, 2.75) is 13.8 Å². The first-order valence-electron chi connectivity index (χ1n) is 6.60. The number of methoxy groups -OCH3 is 1. The average Bonchev–Trinajstić information content (AvgIpc) is 2.37. The van der Waals surface area contributed by atoms with Crippen LogP contribution in [0.25, 0.3) is 0 Å². The van der Waals surface area contributed by atoms with Gasteiger partial charge in [0.25, 0.3) is 5.91 Å². The van der Waals surface area contributed by atoms with Crippen LogP contribution in [0.2, 0.25) is 0 Å². The van der Waals surface area contributed by atoms with Crippen LogP contribution in [0.15, 0.2) is 18.2 Å². The first kappa shape index (κ1) is 14.4. The van der Waals surface area contributed by atoms with E-state index < -0.39 is 11.9 Å². The van der Waals surface area contributed by atoms with E-state index in [4.69, 9.17) is 9.84 Å². The van der Waals surface area contributed by atoms with E-state index in [1.807, 2.05) is 13.0 Å². The molecule has 0 bridgehead atoms. The zero-order valence-electron chi connectivity index (χ0n) is 11.9. The Morgan fingerprint density at radius 3 is 2.60 bits per heavy atom. The third kappa shape index (κ3) is 2.61. The third-order valence-electron chi connectivity index (χ3n) is 3.95. The number of amides is 1. The smallest absolute Gasteiger partial charge is 0.306 e. The number of likely N-dealkylation sites (tertiary alicyclic amines) is 1. The number of benzene rings is 1. The summed E-state index contributed by atoms with van der Waals surface area (Å²) in [6.45, 7) is 4.61. The maximum atomic E-state index is 12.3. The normalized spacial score (nSPS) is 16.4. The van der Waals surface area contributed by atoms with E-state index in [-0.39, 0.29) is 11.8 Å². The van der Waals surface area contributed by atoms with Gasteiger partial charge in [0.2, 0.25) is 0 Å². The second-order valence-corrected chi connectivity index (χ2v) is 5.28. The van der Waals surface area contributed by atoms with E-state index in [9.17, 15) is 9.59 Å². The lowest BCUT2D eigenvalue weighted by atomic mass is 9.86. The van der Waals surface area contributed by atoms with Crippen molar-refractivity contribution in [3.05, 3.63) is 29.3 Å². The molecule has 2 rings (SSSR count). The van der Waals surface area contributed by atoms with Crippen molar-refractivity contribution in [3.8, 4) is 5.75 Å². The number of carboxylic acid groups (broad SMARTS) is 1. The van der Waals surface area contributed by atoms with Crippen molar-refractivity contribution in [1.29, 1.82) is 0 Å². The highest BCUT2D eigenvalue weighted by Crippen LogP contribution is 2.27. The molecule has 1 saturated heterocycles. The Hall–Kier alpha value is -2.04. The van der Waals surface area contributed by atoms with Crippen LogP contribution in [0.3, 0.4) is 0 Å². The number of carbonyl (C=O) groups excluding carboxylic acids is 1. The summed E-state index contributed by atoms with van der Waals surface area (Å²) in [5, 5.41) is 8.94. The summed E-state index contributed by atoms with van der Waals surface area (Å²) in [5.74, 6) is -0.557. The van der Waals surface area contributed by atoms with E-state index in [1.54, 1.807) is 31.1 Å². The average molecular weight is 277 g/mol. The van der Waals surface area contributed by atoms with E-state index >= 15 is 0 Å². The lowest BCUT2D eigenvalue weighted by Gasteiger charge is -2.41. The van der Waals surface area contributed by atoms with Crippen molar-refractivity contribution >= 4 is 11.9 Å². The maximum Gasteiger partial charge on any atom is 0.306 e. The first-order valence-corrected chi connectivity index (χ1v) is 6.60. The summed E-state index contributed by atoms with van der Waals surface area (Å²) < 4.78 is 5.21. The predicted molar refractivity (Wildman–Crippen MR) is 73.9 cm³/mol. The Morgan fingerprint density at radius 1 is 1.40 bits per heavy atom. The minimum atomic E-state index is -0.806. The van der Waals surface area contributed by atoms with Crippen LogP contribution in [-0.4, -0.2) is 42.1 Å². The van der Waals surface area contributed by atoms with Gasteiger partial charge in [0, 0.05) is 24.6 Å². The molecule has 1 aliphatic heterocycles. The number of ether oxygens (including phenoxy) is 1. The standard InChI is InChI=1S/C15H19NO4/c1-9-4-5-11(6-13(9)20-3)14(17)16-7-12(8-16)10(2)15(18)19/h4-6,10,12H,7-8H2,1-3H3,(H,18,19). The Labute approximate surface area is 118 Å². The Morgan fingerprint density at radius 2 is 2.05 bits per heavy atom. The second kappa shape index (κ2) is 5.53. The van der Waals surface area contributed by atoms with E-state index in [0.29, 0.717) is 24.4 Å². The molecule has 1 atom stereocenters. The monoisotopic (exact) mass is 277 g/mol. The molecule has 5 heteroatoms. The van der Waals surface area contributed by atoms with Gasteiger partial charge in [0.1, 0.15) is 5.75 Å². The summed E-state index contributed by atoms with van der Waals surface area (Å²) in [6.07, 6.45) is 0. The van der Waals surface area contributed by atoms with Gasteiger partial charge in [-0.15, -0.1) is 0 Å². The van der Waals surface area contributed by atoms with Crippen LogP contribution >= 0.6 is 0 Å². The van der Waals surface area contributed by atoms with E-state index in [2.05, 4.69) is 0 Å². The number of nitrogens with zero attached hydrogens (tertiary/aromatic N) is 1. The predicted octanol–water partition coefficient (Wildman–Crippen LogP) is 1.80. The molecule has 1 aromatic carbocycles. The van der Waals surface area contributed by atoms with Gasteiger partial charge in [-0.2, -0.15) is 0 Å². The van der Waals surface area contributed by atoms with E-state index in [0.717, 1.165) is 5.56 Å². The van der Waals surface area contributed by atoms with Gasteiger partial charge in [-0.25, -0.2) is 0 Å². The van der Waals surface area contributed by atoms with Crippen LogP contribution in [0.1, 0.15) is 22.8 Å². The molecule has 1 fully saturated rings. The number of rotatable bonds is 4. The van der Waals surface area contributed by atoms with Gasteiger partial charge in [-0.1, -0.05) is 13.0 Å². The van der Waals surface area contributed by atoms with Gasteiger partial charge in [-0.3, -0.25) is 9.59 Å². The van der Waals surface area contributed by atoms with Crippen LogP contribution < -0.4 is 4.74 Å². The fourth-order valence-corrected chi connectivity index (χ4v) is 2.33. The number of carboxylic acids is 1. The maximum absolute atomic E-state index is 12.3. The molecule has 0 aliphatic carbocycles. The zero-order valence-corrected chi connectivity index (χ0v) is 11.9. The highest BCUT2D eigenvalue weighted by atomic mass is 16.5. The Balaban J connectivity index is 2.02. The molecule has 20 heavy (non-hydrogen) atoms. The molecule has 1 amide bonds. The van der Waals surface area contributed by atoms with Crippen molar-refractivity contribution in [2.24, 2.45) is 11.8 Å². The van der Waals surface area contributed by atoms with Crippen molar-refractivity contribution in [1.82, 2.24) is 4.90 Å². The molecule has 108 valence electrons. The lowest BCUT2D eigenvalue weighted by Crippen LogP contribution is -2.53. The number of aliphatic carboxylic acids is 1. The second-order valence-electron chi connectivity index (χ2n) is 5.28. The highest BCUT2D eigenvalue weighted by Gasteiger charge is 2.37. The zero-order chi connectivity index (χ0) is 14.9. The number of carbonyl (C=O) groups is 2. The molecule has 1 N–H and O–H groups in total. The SMILES string of the molecule is COc1cc(C(=O)N2CC(C(C)C(=O)O)C2)ccc1C. The topological polar surface area (TPSA) is 66.8 Å². The highest BCUT2D eigenvalue weighted by molar-refractivity contribution is 5.95. The molecule has 0 radical (unpaired) electrons. The van der Waals surface area contributed by atoms with Crippen LogP contribution in [-0.2, 0) is 4.79 Å². The Bertz CT molecular complexity index is 535. The van der Waals surface area contributed by atoms with Gasteiger partial charge >= 0.3 is 5.97 Å². The molecule has 1 heterocycles.